The van der Waals surface area contributed by atoms with Gasteiger partial charge in [0.15, 0.2) is 0 Å². The number of aromatic hydroxyl groups is 1. The van der Waals surface area contributed by atoms with Crippen molar-refractivity contribution in [1.82, 2.24) is 0 Å². The van der Waals surface area contributed by atoms with Gasteiger partial charge in [0.05, 0.1) is 5.69 Å². The molecule has 1 aromatic carbocycles. The Bertz CT molecular complexity index is 624. The molecule has 8 heteroatoms. The van der Waals surface area contributed by atoms with Gasteiger partial charge in [-0.1, -0.05) is 13.8 Å². The van der Waals surface area contributed by atoms with E-state index < -0.39 is 23.2 Å². The van der Waals surface area contributed by atoms with Crippen LogP contribution in [0.25, 0.3) is 0 Å². The molecule has 1 heterocycles. The summed E-state index contributed by atoms with van der Waals surface area (Å²) in [5.41, 5.74) is -0.498. The van der Waals surface area contributed by atoms with Crippen LogP contribution in [0.2, 0.25) is 0 Å². The summed E-state index contributed by atoms with van der Waals surface area (Å²) in [7, 11) is 0. The Hall–Kier alpha value is -2.25. The highest BCUT2D eigenvalue weighted by molar-refractivity contribution is 6.00. The van der Waals surface area contributed by atoms with E-state index in [9.17, 15) is 27.9 Å². The number of halogens is 3. The number of benzene rings is 1. The van der Waals surface area contributed by atoms with Crippen molar-refractivity contribution in [2.45, 2.75) is 31.9 Å². The van der Waals surface area contributed by atoms with E-state index in [2.05, 4.69) is 5.32 Å². The normalized spacial score (nSPS) is 16.9. The first-order chi connectivity index (χ1) is 9.52. The van der Waals surface area contributed by atoms with Crippen LogP contribution in [0.1, 0.15) is 25.8 Å². The Morgan fingerprint density at radius 1 is 1.38 bits per heavy atom. The maximum Gasteiger partial charge on any atom is 0.471 e. The second-order valence-electron chi connectivity index (χ2n) is 5.45. The molecule has 1 aromatic rings. The van der Waals surface area contributed by atoms with Gasteiger partial charge in [-0.05, 0) is 12.1 Å². The van der Waals surface area contributed by atoms with Crippen LogP contribution in [0.5, 0.6) is 5.75 Å². The monoisotopic (exact) mass is 302 g/mol. The van der Waals surface area contributed by atoms with Gasteiger partial charge in [-0.3, -0.25) is 9.59 Å². The van der Waals surface area contributed by atoms with E-state index in [1.165, 1.54) is 6.07 Å². The number of carbonyl (C=O) groups excluding carboxylic acids is 2. The first kappa shape index (κ1) is 15.1. The van der Waals surface area contributed by atoms with E-state index in [-0.39, 0.29) is 18.0 Å². The van der Waals surface area contributed by atoms with Crippen molar-refractivity contribution in [2.75, 3.05) is 10.6 Å². The topological polar surface area (TPSA) is 78.4 Å². The van der Waals surface area contributed by atoms with Gasteiger partial charge in [-0.15, -0.1) is 0 Å². The van der Waals surface area contributed by atoms with Crippen LogP contribution >= 0.6 is 0 Å². The van der Waals surface area contributed by atoms with Gasteiger partial charge < -0.3 is 15.7 Å². The third-order valence-electron chi connectivity index (χ3n) is 3.24. The van der Waals surface area contributed by atoms with Crippen LogP contribution in [0, 0.1) is 0 Å². The average molecular weight is 302 g/mol. The summed E-state index contributed by atoms with van der Waals surface area (Å²) in [4.78, 5) is 22.5. The highest BCUT2D eigenvalue weighted by atomic mass is 19.4. The van der Waals surface area contributed by atoms with Crippen molar-refractivity contribution in [3.05, 3.63) is 17.7 Å². The van der Waals surface area contributed by atoms with Crippen molar-refractivity contribution >= 4 is 23.2 Å². The molecule has 0 saturated carbocycles. The Labute approximate surface area is 118 Å². The Balaban J connectivity index is 2.45. The van der Waals surface area contributed by atoms with Crippen LogP contribution in [-0.2, 0) is 15.0 Å². The van der Waals surface area contributed by atoms with E-state index in [0.717, 1.165) is 6.07 Å². The van der Waals surface area contributed by atoms with Crippen molar-refractivity contribution in [3.63, 3.8) is 0 Å². The van der Waals surface area contributed by atoms with E-state index >= 15 is 0 Å². The lowest BCUT2D eigenvalue weighted by Crippen LogP contribution is -2.33. The number of fused-ring (bicyclic) bond motifs is 1. The largest absolute Gasteiger partial charge is 0.505 e. The molecule has 0 fully saturated rings. The second-order valence-corrected chi connectivity index (χ2v) is 5.45. The number of anilines is 2. The number of alkyl halides is 3. The predicted octanol–water partition coefficient (Wildman–Crippen LogP) is 2.51. The molecule has 114 valence electrons. The molecule has 0 bridgehead atoms. The van der Waals surface area contributed by atoms with Gasteiger partial charge in [0, 0.05) is 23.1 Å². The summed E-state index contributed by atoms with van der Waals surface area (Å²) < 4.78 is 36.8. The van der Waals surface area contributed by atoms with E-state index in [0.29, 0.717) is 11.3 Å². The zero-order valence-corrected chi connectivity index (χ0v) is 11.3. The number of rotatable bonds is 1. The fraction of sp³-hybridized carbons (Fsp3) is 0.385. The molecule has 3 N–H and O–H groups in total. The highest BCUT2D eigenvalue weighted by Crippen LogP contribution is 2.45. The van der Waals surface area contributed by atoms with Gasteiger partial charge >= 0.3 is 12.1 Å². The van der Waals surface area contributed by atoms with Gasteiger partial charge in [-0.25, -0.2) is 0 Å². The highest BCUT2D eigenvalue weighted by Gasteiger charge is 2.40. The molecule has 2 rings (SSSR count). The number of hydrogen-bond acceptors (Lipinski definition) is 3. The number of nitrogens with one attached hydrogen (secondary N) is 2. The molecule has 5 nitrogen and oxygen atoms in total. The molecule has 0 atom stereocenters. The number of phenolic OH excluding ortho intramolecular Hbond substituents is 1. The predicted molar refractivity (Wildman–Crippen MR) is 69.1 cm³/mol. The first-order valence-corrected chi connectivity index (χ1v) is 6.07. The Kier molecular flexibility index (Phi) is 3.35. The average Bonchev–Trinajstić information content (AvgIpc) is 2.29. The van der Waals surface area contributed by atoms with Crippen molar-refractivity contribution in [1.29, 1.82) is 0 Å². The van der Waals surface area contributed by atoms with E-state index in [4.69, 9.17) is 0 Å². The van der Waals surface area contributed by atoms with Gasteiger partial charge in [0.25, 0.3) is 0 Å². The molecule has 0 unspecified atom stereocenters. The molecule has 0 radical (unpaired) electrons. The summed E-state index contributed by atoms with van der Waals surface area (Å²) in [6, 6.07) is 2.46. The van der Waals surface area contributed by atoms with Crippen molar-refractivity contribution in [3.8, 4) is 5.75 Å². The Morgan fingerprint density at radius 2 is 2.00 bits per heavy atom. The van der Waals surface area contributed by atoms with Gasteiger partial charge in [0.2, 0.25) is 5.91 Å². The molecule has 1 aliphatic heterocycles. The lowest BCUT2D eigenvalue weighted by molar-refractivity contribution is -0.167. The molecule has 1 aliphatic rings. The zero-order chi connectivity index (χ0) is 16.0. The Morgan fingerprint density at radius 3 is 2.57 bits per heavy atom. The van der Waals surface area contributed by atoms with Crippen LogP contribution in [-0.4, -0.2) is 23.1 Å². The van der Waals surface area contributed by atoms with Crippen LogP contribution < -0.4 is 10.6 Å². The number of hydrogen-bond donors (Lipinski definition) is 3. The molecule has 21 heavy (non-hydrogen) atoms. The summed E-state index contributed by atoms with van der Waals surface area (Å²) in [5, 5.41) is 14.3. The zero-order valence-electron chi connectivity index (χ0n) is 11.3. The molecule has 0 saturated heterocycles. The molecule has 2 amide bonds. The smallest absolute Gasteiger partial charge is 0.471 e. The standard InChI is InChI=1S/C13H13F3N2O3/c1-12(2)5-8(19)17-6-3-4-7(10(20)9(6)12)18-11(21)13(14,15)16/h3-4,20H,5H2,1-2H3,(H,17,19)(H,18,21). The van der Waals surface area contributed by atoms with Crippen LogP contribution in [0.3, 0.4) is 0 Å². The summed E-state index contributed by atoms with van der Waals surface area (Å²) >= 11 is 0. The molecular weight excluding hydrogens is 289 g/mol. The quantitative estimate of drug-likeness (QED) is 0.697. The summed E-state index contributed by atoms with van der Waals surface area (Å²) in [6.45, 7) is 3.36. The SMILES string of the molecule is CC1(C)CC(=O)Nc2ccc(NC(=O)C(F)(F)F)c(O)c21. The third-order valence-corrected chi connectivity index (χ3v) is 3.24. The fourth-order valence-electron chi connectivity index (χ4n) is 2.36. The maximum absolute atomic E-state index is 12.3. The summed E-state index contributed by atoms with van der Waals surface area (Å²) in [6.07, 6.45) is -4.98. The van der Waals surface area contributed by atoms with E-state index in [1.807, 2.05) is 0 Å². The van der Waals surface area contributed by atoms with Crippen molar-refractivity contribution < 1.29 is 27.9 Å². The van der Waals surface area contributed by atoms with Gasteiger partial charge in [0.1, 0.15) is 5.75 Å². The lowest BCUT2D eigenvalue weighted by atomic mass is 9.77. The minimum Gasteiger partial charge on any atom is -0.505 e. The van der Waals surface area contributed by atoms with Gasteiger partial charge in [-0.2, -0.15) is 13.2 Å². The first-order valence-electron chi connectivity index (χ1n) is 6.07. The number of carbonyl (C=O) groups is 2. The number of amides is 2. The molecule has 0 spiro atoms. The minimum absolute atomic E-state index is 0.0736. The minimum atomic E-state index is -5.05. The van der Waals surface area contributed by atoms with E-state index in [1.54, 1.807) is 19.2 Å². The van der Waals surface area contributed by atoms with Crippen molar-refractivity contribution in [2.24, 2.45) is 0 Å². The lowest BCUT2D eigenvalue weighted by Gasteiger charge is -2.33. The molecule has 0 aromatic heterocycles. The van der Waals surface area contributed by atoms with Crippen LogP contribution in [0.15, 0.2) is 12.1 Å². The van der Waals surface area contributed by atoms with Crippen LogP contribution in [0.4, 0.5) is 24.5 Å². The second kappa shape index (κ2) is 4.64. The summed E-state index contributed by atoms with van der Waals surface area (Å²) in [5.74, 6) is -2.90. The molecular formula is C13H13F3N2O3. The maximum atomic E-state index is 12.3. The molecule has 0 aliphatic carbocycles. The third kappa shape index (κ3) is 2.79. The fourth-order valence-corrected chi connectivity index (χ4v) is 2.36. The number of phenols is 1.